The molecule has 0 radical (unpaired) electrons. The van der Waals surface area contributed by atoms with E-state index >= 15 is 0 Å². The summed E-state index contributed by atoms with van der Waals surface area (Å²) in [6.45, 7) is 2.22. The van der Waals surface area contributed by atoms with Crippen LogP contribution in [0.4, 0.5) is 0 Å². The molecule has 76 valence electrons. The van der Waals surface area contributed by atoms with Crippen molar-refractivity contribution in [2.24, 2.45) is 7.05 Å². The van der Waals surface area contributed by atoms with Gasteiger partial charge in [-0.1, -0.05) is 6.08 Å². The Hall–Kier alpha value is -1.58. The summed E-state index contributed by atoms with van der Waals surface area (Å²) >= 11 is 0. The van der Waals surface area contributed by atoms with E-state index in [1.165, 1.54) is 0 Å². The average Bonchev–Trinajstić information content (AvgIpc) is 2.52. The molecule has 0 aliphatic carbocycles. The zero-order valence-electron chi connectivity index (χ0n) is 8.43. The summed E-state index contributed by atoms with van der Waals surface area (Å²) in [6.07, 6.45) is 7.44. The van der Waals surface area contributed by atoms with Gasteiger partial charge in [-0.15, -0.1) is 0 Å². The first-order valence-corrected chi connectivity index (χ1v) is 4.52. The third kappa shape index (κ3) is 3.43. The molecule has 0 atom stereocenters. The van der Waals surface area contributed by atoms with E-state index in [0.717, 1.165) is 5.69 Å². The quantitative estimate of drug-likeness (QED) is 0.680. The second kappa shape index (κ2) is 5.21. The lowest BCUT2D eigenvalue weighted by Crippen LogP contribution is -2.01. The number of carbonyl (C=O) groups excluding carboxylic acids is 1. The minimum Gasteiger partial charge on any atom is -0.466 e. The van der Waals surface area contributed by atoms with Crippen LogP contribution in [-0.2, 0) is 16.6 Å². The summed E-state index contributed by atoms with van der Waals surface area (Å²) in [5.41, 5.74) is 0.844. The summed E-state index contributed by atoms with van der Waals surface area (Å²) in [6, 6.07) is 0. The van der Waals surface area contributed by atoms with E-state index in [2.05, 4.69) is 4.98 Å². The van der Waals surface area contributed by atoms with Crippen molar-refractivity contribution in [1.29, 1.82) is 0 Å². The monoisotopic (exact) mass is 194 g/mol. The highest BCUT2D eigenvalue weighted by molar-refractivity contribution is 5.72. The van der Waals surface area contributed by atoms with Crippen molar-refractivity contribution in [1.82, 2.24) is 9.55 Å². The van der Waals surface area contributed by atoms with Gasteiger partial charge in [0.2, 0.25) is 0 Å². The summed E-state index contributed by atoms with van der Waals surface area (Å²) < 4.78 is 6.62. The maximum atomic E-state index is 10.9. The lowest BCUT2D eigenvalue weighted by Gasteiger charge is -1.95. The maximum absolute atomic E-state index is 10.9. The number of esters is 1. The highest BCUT2D eigenvalue weighted by Gasteiger charge is 1.96. The molecule has 0 spiro atoms. The van der Waals surface area contributed by atoms with Gasteiger partial charge in [0.15, 0.2) is 0 Å². The summed E-state index contributed by atoms with van der Waals surface area (Å²) in [5, 5.41) is 0. The number of hydrogen-bond donors (Lipinski definition) is 0. The van der Waals surface area contributed by atoms with Crippen LogP contribution in [0.1, 0.15) is 19.0 Å². The molecule has 0 saturated heterocycles. The van der Waals surface area contributed by atoms with Crippen LogP contribution < -0.4 is 0 Å². The largest absolute Gasteiger partial charge is 0.466 e. The van der Waals surface area contributed by atoms with Crippen LogP contribution in [0.3, 0.4) is 0 Å². The van der Waals surface area contributed by atoms with Crippen molar-refractivity contribution < 1.29 is 9.53 Å². The number of carbonyl (C=O) groups is 1. The number of hydrogen-bond acceptors (Lipinski definition) is 3. The van der Waals surface area contributed by atoms with Crippen LogP contribution in [-0.4, -0.2) is 22.1 Å². The normalized spacial score (nSPS) is 10.7. The third-order valence-electron chi connectivity index (χ3n) is 1.60. The predicted octanol–water partition coefficient (Wildman–Crippen LogP) is 1.39. The van der Waals surface area contributed by atoms with Gasteiger partial charge in [0.25, 0.3) is 0 Å². The molecule has 1 aromatic rings. The summed E-state index contributed by atoms with van der Waals surface area (Å²) in [5.74, 6) is -0.209. The molecule has 1 aromatic heterocycles. The Labute approximate surface area is 83.2 Å². The van der Waals surface area contributed by atoms with Crippen LogP contribution in [0.25, 0.3) is 6.08 Å². The molecule has 0 fully saturated rings. The molecule has 0 saturated carbocycles. The van der Waals surface area contributed by atoms with Gasteiger partial charge in [-0.3, -0.25) is 4.79 Å². The Morgan fingerprint density at radius 2 is 2.50 bits per heavy atom. The zero-order valence-corrected chi connectivity index (χ0v) is 8.43. The summed E-state index contributed by atoms with van der Waals surface area (Å²) in [7, 11) is 1.90. The van der Waals surface area contributed by atoms with Gasteiger partial charge in [-0.25, -0.2) is 4.98 Å². The molecule has 0 N–H and O–H groups in total. The van der Waals surface area contributed by atoms with E-state index in [9.17, 15) is 4.79 Å². The number of aromatic nitrogens is 2. The Balaban J connectivity index is 2.37. The molecule has 14 heavy (non-hydrogen) atoms. The molecule has 0 aromatic carbocycles. The number of imidazole rings is 1. The Morgan fingerprint density at radius 3 is 3.07 bits per heavy atom. The molecule has 1 rings (SSSR count). The average molecular weight is 194 g/mol. The van der Waals surface area contributed by atoms with E-state index < -0.39 is 0 Å². The highest BCUT2D eigenvalue weighted by Crippen LogP contribution is 1.99. The fourth-order valence-electron chi connectivity index (χ4n) is 1.01. The molecule has 0 bridgehead atoms. The molecule has 0 aliphatic rings. The maximum Gasteiger partial charge on any atom is 0.309 e. The van der Waals surface area contributed by atoms with Crippen molar-refractivity contribution in [3.8, 4) is 0 Å². The predicted molar refractivity (Wildman–Crippen MR) is 53.5 cm³/mol. The van der Waals surface area contributed by atoms with Crippen LogP contribution in [0.5, 0.6) is 0 Å². The molecule has 0 aliphatic heterocycles. The Kier molecular flexibility index (Phi) is 3.91. The smallest absolute Gasteiger partial charge is 0.309 e. The molecule has 4 heteroatoms. The van der Waals surface area contributed by atoms with Gasteiger partial charge >= 0.3 is 5.97 Å². The Morgan fingerprint density at radius 1 is 1.71 bits per heavy atom. The fourth-order valence-corrected chi connectivity index (χ4v) is 1.01. The number of aryl methyl sites for hydroxylation is 1. The number of nitrogens with zero attached hydrogens (tertiary/aromatic N) is 2. The second-order valence-corrected chi connectivity index (χ2v) is 2.88. The van der Waals surface area contributed by atoms with E-state index in [0.29, 0.717) is 13.0 Å². The molecular formula is C10H14N2O2. The van der Waals surface area contributed by atoms with Gasteiger partial charge in [-0.05, 0) is 13.0 Å². The number of ether oxygens (including phenoxy) is 1. The van der Waals surface area contributed by atoms with Crippen LogP contribution in [0.15, 0.2) is 18.6 Å². The fraction of sp³-hybridized carbons (Fsp3) is 0.400. The molecule has 0 amide bonds. The summed E-state index contributed by atoms with van der Waals surface area (Å²) in [4.78, 5) is 15.0. The van der Waals surface area contributed by atoms with Crippen molar-refractivity contribution in [3.05, 3.63) is 24.3 Å². The van der Waals surface area contributed by atoms with Crippen LogP contribution in [0, 0.1) is 0 Å². The highest BCUT2D eigenvalue weighted by atomic mass is 16.5. The van der Waals surface area contributed by atoms with Gasteiger partial charge in [-0.2, -0.15) is 0 Å². The van der Waals surface area contributed by atoms with Crippen LogP contribution >= 0.6 is 0 Å². The lowest BCUT2D eigenvalue weighted by atomic mass is 10.3. The van der Waals surface area contributed by atoms with E-state index in [-0.39, 0.29) is 5.97 Å². The first-order valence-electron chi connectivity index (χ1n) is 4.52. The second-order valence-electron chi connectivity index (χ2n) is 2.88. The molecule has 4 nitrogen and oxygen atoms in total. The van der Waals surface area contributed by atoms with Gasteiger partial charge in [0, 0.05) is 13.2 Å². The first kappa shape index (κ1) is 10.5. The molecular weight excluding hydrogens is 180 g/mol. The lowest BCUT2D eigenvalue weighted by molar-refractivity contribution is -0.142. The third-order valence-corrected chi connectivity index (χ3v) is 1.60. The van der Waals surface area contributed by atoms with E-state index in [1.54, 1.807) is 25.4 Å². The van der Waals surface area contributed by atoms with Gasteiger partial charge in [0.1, 0.15) is 0 Å². The molecule has 1 heterocycles. The van der Waals surface area contributed by atoms with Crippen LogP contribution in [0.2, 0.25) is 0 Å². The van der Waals surface area contributed by atoms with E-state index in [1.807, 2.05) is 17.8 Å². The molecule has 0 unspecified atom stereocenters. The van der Waals surface area contributed by atoms with Gasteiger partial charge in [0.05, 0.1) is 25.0 Å². The van der Waals surface area contributed by atoms with Gasteiger partial charge < -0.3 is 9.30 Å². The minimum absolute atomic E-state index is 0.209. The van der Waals surface area contributed by atoms with Crippen molar-refractivity contribution in [3.63, 3.8) is 0 Å². The number of rotatable bonds is 4. The Bertz CT molecular complexity index is 329. The van der Waals surface area contributed by atoms with Crippen molar-refractivity contribution in [2.45, 2.75) is 13.3 Å². The minimum atomic E-state index is -0.209. The van der Waals surface area contributed by atoms with Crippen molar-refractivity contribution >= 4 is 12.0 Å². The first-order chi connectivity index (χ1) is 6.72. The zero-order chi connectivity index (χ0) is 10.4. The standard InChI is InChI=1S/C10H14N2O2/c1-3-14-10(13)6-4-5-9-7-12(2)8-11-9/h4-5,7-8H,3,6H2,1-2H3. The van der Waals surface area contributed by atoms with E-state index in [4.69, 9.17) is 4.74 Å². The topological polar surface area (TPSA) is 44.1 Å². The van der Waals surface area contributed by atoms with Crippen molar-refractivity contribution in [2.75, 3.05) is 6.61 Å². The SMILES string of the molecule is CCOC(=O)CC=Cc1cn(C)cn1.